The number of halogens is 3. The predicted octanol–water partition coefficient (Wildman–Crippen LogP) is 2.59. The molecule has 0 atom stereocenters. The van der Waals surface area contributed by atoms with E-state index in [9.17, 15) is 18.0 Å². The van der Waals surface area contributed by atoms with E-state index in [1.54, 1.807) is 12.1 Å². The molecule has 2 rings (SSSR count). The number of pyridine rings is 1. The van der Waals surface area contributed by atoms with Gasteiger partial charge in [0.1, 0.15) is 11.4 Å². The van der Waals surface area contributed by atoms with Gasteiger partial charge in [0, 0.05) is 6.20 Å². The van der Waals surface area contributed by atoms with Gasteiger partial charge in [-0.3, -0.25) is 4.98 Å². The highest BCUT2D eigenvalue weighted by Crippen LogP contribution is 2.30. The van der Waals surface area contributed by atoms with Crippen LogP contribution in [-0.2, 0) is 11.0 Å². The van der Waals surface area contributed by atoms with Crippen molar-refractivity contribution in [3.05, 3.63) is 59.4 Å². The van der Waals surface area contributed by atoms with Gasteiger partial charge in [-0.15, -0.1) is 0 Å². The first-order valence-corrected chi connectivity index (χ1v) is 6.54. The van der Waals surface area contributed by atoms with Crippen LogP contribution < -0.4 is 10.5 Å². The van der Waals surface area contributed by atoms with Crippen molar-refractivity contribution in [3.8, 4) is 5.75 Å². The number of carbonyl (C=O) groups is 1. The number of amidine groups is 1. The molecule has 2 aromatic rings. The van der Waals surface area contributed by atoms with Gasteiger partial charge >= 0.3 is 12.1 Å². The van der Waals surface area contributed by atoms with Gasteiger partial charge in [0.25, 0.3) is 0 Å². The molecule has 24 heavy (non-hydrogen) atoms. The molecule has 0 aliphatic heterocycles. The third-order valence-corrected chi connectivity index (χ3v) is 2.89. The Bertz CT molecular complexity index is 776. The summed E-state index contributed by atoms with van der Waals surface area (Å²) in [6, 6.07) is 7.88. The van der Waals surface area contributed by atoms with Crippen LogP contribution >= 0.6 is 0 Å². The molecule has 126 valence electrons. The van der Waals surface area contributed by atoms with Gasteiger partial charge < -0.3 is 15.3 Å². The molecule has 0 unspecified atom stereocenters. The van der Waals surface area contributed by atoms with Crippen molar-refractivity contribution < 1.29 is 27.5 Å². The van der Waals surface area contributed by atoms with E-state index in [0.29, 0.717) is 5.75 Å². The predicted molar refractivity (Wildman–Crippen MR) is 78.4 cm³/mol. The Kier molecular flexibility index (Phi) is 5.02. The fourth-order valence-electron chi connectivity index (χ4n) is 1.77. The minimum Gasteiger partial charge on any atom is -0.497 e. The molecular formula is C15H12F3N3O3. The molecule has 0 radical (unpaired) electrons. The maximum atomic E-state index is 12.9. The van der Waals surface area contributed by atoms with Gasteiger partial charge in [0.15, 0.2) is 5.84 Å². The van der Waals surface area contributed by atoms with Gasteiger partial charge in [0.2, 0.25) is 0 Å². The second kappa shape index (κ2) is 6.99. The van der Waals surface area contributed by atoms with Crippen LogP contribution in [0.5, 0.6) is 5.75 Å². The van der Waals surface area contributed by atoms with E-state index in [0.717, 1.165) is 18.3 Å². The fraction of sp³-hybridized carbons (Fsp3) is 0.133. The van der Waals surface area contributed by atoms with E-state index in [1.807, 2.05) is 0 Å². The van der Waals surface area contributed by atoms with Crippen LogP contribution in [0.1, 0.15) is 21.6 Å². The zero-order valence-corrected chi connectivity index (χ0v) is 12.4. The van der Waals surface area contributed by atoms with Crippen molar-refractivity contribution >= 4 is 11.8 Å². The number of benzene rings is 1. The molecular weight excluding hydrogens is 327 g/mol. The first-order chi connectivity index (χ1) is 11.3. The SMILES string of the molecule is COc1cccc(C(=O)O/N=C(\N)c2ncccc2C(F)(F)F)c1. The molecule has 0 saturated carbocycles. The van der Waals surface area contributed by atoms with Gasteiger partial charge in [0.05, 0.1) is 18.2 Å². The molecule has 1 heterocycles. The Morgan fingerprint density at radius 2 is 2.00 bits per heavy atom. The number of methoxy groups -OCH3 is 1. The van der Waals surface area contributed by atoms with Crippen LogP contribution in [-0.4, -0.2) is 23.9 Å². The summed E-state index contributed by atoms with van der Waals surface area (Å²) in [5.41, 5.74) is 3.86. The Morgan fingerprint density at radius 3 is 2.67 bits per heavy atom. The molecule has 1 aromatic heterocycles. The Balaban J connectivity index is 2.22. The summed E-state index contributed by atoms with van der Waals surface area (Å²) in [5, 5.41) is 3.24. The molecule has 0 bridgehead atoms. The standard InChI is InChI=1S/C15H12F3N3O3/c1-23-10-5-2-4-9(8-10)14(22)24-21-13(19)12-11(15(16,17)18)6-3-7-20-12/h2-8H,1H3,(H2,19,21). The number of oxime groups is 1. The van der Waals surface area contributed by atoms with Crippen LogP contribution in [0.3, 0.4) is 0 Å². The largest absolute Gasteiger partial charge is 0.497 e. The van der Waals surface area contributed by atoms with E-state index in [2.05, 4.69) is 15.0 Å². The van der Waals surface area contributed by atoms with Gasteiger partial charge in [-0.05, 0) is 30.3 Å². The molecule has 6 nitrogen and oxygen atoms in total. The average Bonchev–Trinajstić information content (AvgIpc) is 2.58. The quantitative estimate of drug-likeness (QED) is 0.400. The third-order valence-electron chi connectivity index (χ3n) is 2.89. The van der Waals surface area contributed by atoms with Gasteiger partial charge in [-0.2, -0.15) is 13.2 Å². The molecule has 2 N–H and O–H groups in total. The van der Waals surface area contributed by atoms with Gasteiger partial charge in [-0.25, -0.2) is 4.79 Å². The molecule has 0 amide bonds. The number of carbonyl (C=O) groups excluding carboxylic acids is 1. The highest BCUT2D eigenvalue weighted by Gasteiger charge is 2.35. The molecule has 0 aliphatic rings. The molecule has 1 aromatic carbocycles. The van der Waals surface area contributed by atoms with E-state index >= 15 is 0 Å². The summed E-state index contributed by atoms with van der Waals surface area (Å²) in [7, 11) is 1.42. The second-order valence-corrected chi connectivity index (χ2v) is 4.48. The normalized spacial score (nSPS) is 11.9. The summed E-state index contributed by atoms with van der Waals surface area (Å²) in [6.45, 7) is 0. The van der Waals surface area contributed by atoms with E-state index in [-0.39, 0.29) is 5.56 Å². The van der Waals surface area contributed by atoms with Crippen molar-refractivity contribution in [3.63, 3.8) is 0 Å². The van der Waals surface area contributed by atoms with Crippen molar-refractivity contribution in [1.29, 1.82) is 0 Å². The molecule has 0 saturated heterocycles. The summed E-state index contributed by atoms with van der Waals surface area (Å²) < 4.78 is 43.6. The summed E-state index contributed by atoms with van der Waals surface area (Å²) in [6.07, 6.45) is -3.54. The van der Waals surface area contributed by atoms with Crippen LogP contribution in [0, 0.1) is 0 Å². The number of aromatic nitrogens is 1. The molecule has 0 spiro atoms. The summed E-state index contributed by atoms with van der Waals surface area (Å²) in [5.74, 6) is -1.16. The lowest BCUT2D eigenvalue weighted by molar-refractivity contribution is -0.138. The minimum absolute atomic E-state index is 0.1000. The lowest BCUT2D eigenvalue weighted by Crippen LogP contribution is -2.22. The Morgan fingerprint density at radius 1 is 1.25 bits per heavy atom. The first-order valence-electron chi connectivity index (χ1n) is 6.54. The van der Waals surface area contributed by atoms with Crippen molar-refractivity contribution in [2.45, 2.75) is 6.18 Å². The zero-order chi connectivity index (χ0) is 17.7. The summed E-state index contributed by atoms with van der Waals surface area (Å²) >= 11 is 0. The average molecular weight is 339 g/mol. The first kappa shape index (κ1) is 17.3. The Labute approximate surface area is 134 Å². The molecule has 0 fully saturated rings. The van der Waals surface area contributed by atoms with Crippen molar-refractivity contribution in [1.82, 2.24) is 4.98 Å². The topological polar surface area (TPSA) is 86.8 Å². The number of alkyl halides is 3. The number of ether oxygens (including phenoxy) is 1. The number of hydrogen-bond donors (Lipinski definition) is 1. The highest BCUT2D eigenvalue weighted by atomic mass is 19.4. The Hall–Kier alpha value is -3.10. The van der Waals surface area contributed by atoms with Crippen LogP contribution in [0.25, 0.3) is 0 Å². The number of nitrogens with zero attached hydrogens (tertiary/aromatic N) is 2. The zero-order valence-electron chi connectivity index (χ0n) is 12.4. The van der Waals surface area contributed by atoms with Crippen LogP contribution in [0.15, 0.2) is 47.8 Å². The maximum absolute atomic E-state index is 12.9. The third kappa shape index (κ3) is 4.00. The number of hydrogen-bond acceptors (Lipinski definition) is 5. The van der Waals surface area contributed by atoms with Crippen molar-refractivity contribution in [2.75, 3.05) is 7.11 Å². The smallest absolute Gasteiger partial charge is 0.418 e. The number of rotatable bonds is 4. The van der Waals surface area contributed by atoms with E-state index < -0.39 is 29.2 Å². The van der Waals surface area contributed by atoms with Crippen LogP contribution in [0.4, 0.5) is 13.2 Å². The maximum Gasteiger partial charge on any atom is 0.418 e. The second-order valence-electron chi connectivity index (χ2n) is 4.48. The fourth-order valence-corrected chi connectivity index (χ4v) is 1.77. The number of nitrogens with two attached hydrogens (primary N) is 1. The molecule has 0 aliphatic carbocycles. The van der Waals surface area contributed by atoms with Gasteiger partial charge in [-0.1, -0.05) is 11.2 Å². The van der Waals surface area contributed by atoms with E-state index in [1.165, 1.54) is 19.2 Å². The highest BCUT2D eigenvalue weighted by molar-refractivity contribution is 5.98. The lowest BCUT2D eigenvalue weighted by Gasteiger charge is -2.10. The minimum atomic E-state index is -4.67. The van der Waals surface area contributed by atoms with Crippen molar-refractivity contribution in [2.24, 2.45) is 10.9 Å². The lowest BCUT2D eigenvalue weighted by atomic mass is 10.2. The van der Waals surface area contributed by atoms with E-state index in [4.69, 9.17) is 10.5 Å². The monoisotopic (exact) mass is 339 g/mol. The molecule has 9 heteroatoms. The van der Waals surface area contributed by atoms with Crippen LogP contribution in [0.2, 0.25) is 0 Å². The summed E-state index contributed by atoms with van der Waals surface area (Å²) in [4.78, 5) is 20.0.